The molecule has 0 bridgehead atoms. The Morgan fingerprint density at radius 2 is 1.85 bits per heavy atom. The molecule has 1 N–H and O–H groups in total. The van der Waals surface area contributed by atoms with E-state index in [1.807, 2.05) is 30.3 Å². The van der Waals surface area contributed by atoms with Crippen LogP contribution in [0, 0.1) is 0 Å². The SMILES string of the molecule is COc1cccc(OCC(=O)Nc2ccc(Br)cc2)c1. The van der Waals surface area contributed by atoms with Gasteiger partial charge in [-0.1, -0.05) is 22.0 Å². The van der Waals surface area contributed by atoms with E-state index < -0.39 is 0 Å². The Kier molecular flexibility index (Phi) is 5.01. The average molecular weight is 336 g/mol. The molecular formula is C15H14BrNO3. The van der Waals surface area contributed by atoms with Gasteiger partial charge < -0.3 is 14.8 Å². The summed E-state index contributed by atoms with van der Waals surface area (Å²) >= 11 is 3.34. The zero-order valence-corrected chi connectivity index (χ0v) is 12.5. The van der Waals surface area contributed by atoms with Crippen LogP contribution in [0.25, 0.3) is 0 Å². The minimum Gasteiger partial charge on any atom is -0.497 e. The first-order valence-corrected chi connectivity index (χ1v) is 6.79. The van der Waals surface area contributed by atoms with Crippen LogP contribution < -0.4 is 14.8 Å². The maximum absolute atomic E-state index is 11.7. The Morgan fingerprint density at radius 1 is 1.15 bits per heavy atom. The number of hydrogen-bond donors (Lipinski definition) is 1. The molecule has 1 amide bonds. The van der Waals surface area contributed by atoms with E-state index in [0.717, 1.165) is 10.2 Å². The molecule has 20 heavy (non-hydrogen) atoms. The third kappa shape index (κ3) is 4.28. The van der Waals surface area contributed by atoms with E-state index in [1.165, 1.54) is 0 Å². The second-order valence-corrected chi connectivity index (χ2v) is 4.94. The van der Waals surface area contributed by atoms with E-state index in [2.05, 4.69) is 21.2 Å². The number of carbonyl (C=O) groups is 1. The van der Waals surface area contributed by atoms with Crippen molar-refractivity contribution in [1.29, 1.82) is 0 Å². The van der Waals surface area contributed by atoms with E-state index >= 15 is 0 Å². The van der Waals surface area contributed by atoms with Crippen molar-refractivity contribution in [3.8, 4) is 11.5 Å². The molecule has 0 aliphatic heterocycles. The Morgan fingerprint density at radius 3 is 2.55 bits per heavy atom. The van der Waals surface area contributed by atoms with Gasteiger partial charge in [0.05, 0.1) is 7.11 Å². The summed E-state index contributed by atoms with van der Waals surface area (Å²) in [6, 6.07) is 14.5. The molecule has 2 rings (SSSR count). The predicted octanol–water partition coefficient (Wildman–Crippen LogP) is 3.48. The molecule has 0 unspecified atom stereocenters. The monoisotopic (exact) mass is 335 g/mol. The quantitative estimate of drug-likeness (QED) is 0.909. The van der Waals surface area contributed by atoms with E-state index in [-0.39, 0.29) is 12.5 Å². The molecule has 2 aromatic carbocycles. The first-order chi connectivity index (χ1) is 9.67. The first kappa shape index (κ1) is 14.4. The number of anilines is 1. The Balaban J connectivity index is 1.87. The molecular weight excluding hydrogens is 322 g/mol. The van der Waals surface area contributed by atoms with Gasteiger partial charge in [0, 0.05) is 16.2 Å². The van der Waals surface area contributed by atoms with Gasteiger partial charge in [-0.05, 0) is 36.4 Å². The van der Waals surface area contributed by atoms with Crippen molar-refractivity contribution in [3.63, 3.8) is 0 Å². The largest absolute Gasteiger partial charge is 0.497 e. The summed E-state index contributed by atoms with van der Waals surface area (Å²) in [6.45, 7) is -0.0523. The maximum Gasteiger partial charge on any atom is 0.262 e. The third-order valence-corrected chi connectivity index (χ3v) is 3.07. The molecule has 5 heteroatoms. The normalized spacial score (nSPS) is 9.90. The molecule has 0 saturated carbocycles. The van der Waals surface area contributed by atoms with Crippen molar-refractivity contribution >= 4 is 27.5 Å². The molecule has 4 nitrogen and oxygen atoms in total. The molecule has 0 radical (unpaired) electrons. The van der Waals surface area contributed by atoms with E-state index in [1.54, 1.807) is 25.3 Å². The minimum atomic E-state index is -0.213. The number of rotatable bonds is 5. The Bertz CT molecular complexity index is 584. The number of carbonyl (C=O) groups excluding carboxylic acids is 1. The third-order valence-electron chi connectivity index (χ3n) is 2.54. The highest BCUT2D eigenvalue weighted by Gasteiger charge is 2.04. The van der Waals surface area contributed by atoms with Crippen LogP contribution in [0.1, 0.15) is 0 Å². The smallest absolute Gasteiger partial charge is 0.262 e. The van der Waals surface area contributed by atoms with Crippen LogP contribution in [0.4, 0.5) is 5.69 Å². The van der Waals surface area contributed by atoms with Crippen LogP contribution in [0.15, 0.2) is 53.0 Å². The lowest BCUT2D eigenvalue weighted by atomic mass is 10.3. The molecule has 0 saturated heterocycles. The molecule has 0 aromatic heterocycles. The number of methoxy groups -OCH3 is 1. The van der Waals surface area contributed by atoms with Crippen molar-refractivity contribution in [1.82, 2.24) is 0 Å². The second kappa shape index (κ2) is 6.96. The maximum atomic E-state index is 11.7. The predicted molar refractivity (Wildman–Crippen MR) is 81.3 cm³/mol. The standard InChI is InChI=1S/C15H14BrNO3/c1-19-13-3-2-4-14(9-13)20-10-15(18)17-12-7-5-11(16)6-8-12/h2-9H,10H2,1H3,(H,17,18). The lowest BCUT2D eigenvalue weighted by Gasteiger charge is -2.08. The van der Waals surface area contributed by atoms with Crippen molar-refractivity contribution in [3.05, 3.63) is 53.0 Å². The topological polar surface area (TPSA) is 47.6 Å². The molecule has 0 fully saturated rings. The minimum absolute atomic E-state index is 0.0523. The van der Waals surface area contributed by atoms with Gasteiger partial charge in [-0.3, -0.25) is 4.79 Å². The van der Waals surface area contributed by atoms with Gasteiger partial charge in [0.25, 0.3) is 5.91 Å². The molecule has 2 aromatic rings. The number of hydrogen-bond acceptors (Lipinski definition) is 3. The fraction of sp³-hybridized carbons (Fsp3) is 0.133. The van der Waals surface area contributed by atoms with Crippen molar-refractivity contribution < 1.29 is 14.3 Å². The summed E-state index contributed by atoms with van der Waals surface area (Å²) in [7, 11) is 1.58. The van der Waals surface area contributed by atoms with Crippen LogP contribution in [0.2, 0.25) is 0 Å². The molecule has 0 aliphatic rings. The summed E-state index contributed by atoms with van der Waals surface area (Å²) in [5.74, 6) is 1.07. The van der Waals surface area contributed by atoms with Crippen molar-refractivity contribution in [2.24, 2.45) is 0 Å². The highest BCUT2D eigenvalue weighted by Crippen LogP contribution is 2.19. The highest BCUT2D eigenvalue weighted by atomic mass is 79.9. The Hall–Kier alpha value is -2.01. The van der Waals surface area contributed by atoms with Crippen LogP contribution in [0.3, 0.4) is 0 Å². The van der Waals surface area contributed by atoms with Crippen LogP contribution in [-0.2, 0) is 4.79 Å². The number of halogens is 1. The number of amides is 1. The van der Waals surface area contributed by atoms with Crippen LogP contribution >= 0.6 is 15.9 Å². The number of ether oxygens (including phenoxy) is 2. The van der Waals surface area contributed by atoms with Gasteiger partial charge in [-0.25, -0.2) is 0 Å². The van der Waals surface area contributed by atoms with Gasteiger partial charge in [0.15, 0.2) is 6.61 Å². The van der Waals surface area contributed by atoms with E-state index in [9.17, 15) is 4.79 Å². The summed E-state index contributed by atoms with van der Waals surface area (Å²) in [6.07, 6.45) is 0. The van der Waals surface area contributed by atoms with Crippen molar-refractivity contribution in [2.45, 2.75) is 0 Å². The second-order valence-electron chi connectivity index (χ2n) is 4.02. The van der Waals surface area contributed by atoms with Crippen LogP contribution in [0.5, 0.6) is 11.5 Å². The molecule has 0 atom stereocenters. The number of benzene rings is 2. The fourth-order valence-corrected chi connectivity index (χ4v) is 1.83. The molecule has 0 spiro atoms. The summed E-state index contributed by atoms with van der Waals surface area (Å²) in [5.41, 5.74) is 0.729. The number of nitrogens with one attached hydrogen (secondary N) is 1. The van der Waals surface area contributed by atoms with E-state index in [4.69, 9.17) is 9.47 Å². The van der Waals surface area contributed by atoms with Crippen molar-refractivity contribution in [2.75, 3.05) is 19.0 Å². The summed E-state index contributed by atoms with van der Waals surface area (Å²) in [4.78, 5) is 11.7. The molecule has 0 heterocycles. The van der Waals surface area contributed by atoms with Crippen LogP contribution in [-0.4, -0.2) is 19.6 Å². The van der Waals surface area contributed by atoms with Gasteiger partial charge in [-0.2, -0.15) is 0 Å². The lowest BCUT2D eigenvalue weighted by Crippen LogP contribution is -2.20. The highest BCUT2D eigenvalue weighted by molar-refractivity contribution is 9.10. The zero-order valence-electron chi connectivity index (χ0n) is 10.9. The van der Waals surface area contributed by atoms with Gasteiger partial charge in [0.2, 0.25) is 0 Å². The summed E-state index contributed by atoms with van der Waals surface area (Å²) < 4.78 is 11.4. The summed E-state index contributed by atoms with van der Waals surface area (Å²) in [5, 5.41) is 2.75. The Labute approximate surface area is 125 Å². The molecule has 0 aliphatic carbocycles. The lowest BCUT2D eigenvalue weighted by molar-refractivity contribution is -0.118. The first-order valence-electron chi connectivity index (χ1n) is 5.99. The molecule has 104 valence electrons. The van der Waals surface area contributed by atoms with Gasteiger partial charge >= 0.3 is 0 Å². The zero-order chi connectivity index (χ0) is 14.4. The average Bonchev–Trinajstić information content (AvgIpc) is 2.48. The van der Waals surface area contributed by atoms with Gasteiger partial charge in [0.1, 0.15) is 11.5 Å². The van der Waals surface area contributed by atoms with Gasteiger partial charge in [-0.15, -0.1) is 0 Å². The van der Waals surface area contributed by atoms with E-state index in [0.29, 0.717) is 11.5 Å². The fourth-order valence-electron chi connectivity index (χ4n) is 1.57.